The number of aromatic hydroxyl groups is 1. The van der Waals surface area contributed by atoms with E-state index >= 15 is 0 Å². The van der Waals surface area contributed by atoms with Crippen molar-refractivity contribution in [2.75, 3.05) is 11.9 Å². The maximum atomic E-state index is 11.9. The SMILES string of the molecule is O=C(Nc1nnc(C2CCCN2)o1)c1cncc(O)c1. The molecule has 104 valence electrons. The lowest BCUT2D eigenvalue weighted by Gasteiger charge is -2.03. The zero-order valence-corrected chi connectivity index (χ0v) is 10.5. The quantitative estimate of drug-likeness (QED) is 0.760. The molecule has 0 saturated carbocycles. The molecule has 2 aromatic rings. The van der Waals surface area contributed by atoms with Crippen molar-refractivity contribution < 1.29 is 14.3 Å². The standard InChI is InChI=1S/C12H13N5O3/c18-8-4-7(5-13-6-8)10(19)15-12-17-16-11(20-12)9-2-1-3-14-9/h4-6,9,14,18H,1-3H2,(H,15,17,19). The van der Waals surface area contributed by atoms with E-state index in [1.54, 1.807) is 0 Å². The minimum atomic E-state index is -0.469. The summed E-state index contributed by atoms with van der Waals surface area (Å²) in [5.41, 5.74) is 0.212. The van der Waals surface area contributed by atoms with Gasteiger partial charge >= 0.3 is 6.01 Å². The van der Waals surface area contributed by atoms with E-state index in [4.69, 9.17) is 4.42 Å². The molecule has 0 aromatic carbocycles. The van der Waals surface area contributed by atoms with Gasteiger partial charge in [-0.15, -0.1) is 5.10 Å². The van der Waals surface area contributed by atoms with E-state index in [1.165, 1.54) is 18.5 Å². The molecule has 1 aliphatic rings. The Hall–Kier alpha value is -2.48. The predicted octanol–water partition coefficient (Wildman–Crippen LogP) is 0.847. The van der Waals surface area contributed by atoms with Crippen LogP contribution >= 0.6 is 0 Å². The van der Waals surface area contributed by atoms with Gasteiger partial charge in [-0.2, -0.15) is 0 Å². The van der Waals surface area contributed by atoms with Crippen LogP contribution in [0, 0.1) is 0 Å². The molecule has 1 saturated heterocycles. The van der Waals surface area contributed by atoms with Crippen LogP contribution in [-0.4, -0.2) is 32.7 Å². The monoisotopic (exact) mass is 275 g/mol. The van der Waals surface area contributed by atoms with E-state index in [0.29, 0.717) is 5.89 Å². The molecule has 20 heavy (non-hydrogen) atoms. The second-order valence-electron chi connectivity index (χ2n) is 4.48. The molecule has 0 spiro atoms. The highest BCUT2D eigenvalue weighted by molar-refractivity contribution is 6.03. The first-order valence-electron chi connectivity index (χ1n) is 6.24. The molecule has 8 heteroatoms. The molecule has 0 bridgehead atoms. The van der Waals surface area contributed by atoms with Crippen LogP contribution in [0.3, 0.4) is 0 Å². The molecular weight excluding hydrogens is 262 g/mol. The number of amides is 1. The summed E-state index contributed by atoms with van der Waals surface area (Å²) >= 11 is 0. The van der Waals surface area contributed by atoms with E-state index in [0.717, 1.165) is 19.4 Å². The van der Waals surface area contributed by atoms with Crippen molar-refractivity contribution >= 4 is 11.9 Å². The number of nitrogens with zero attached hydrogens (tertiary/aromatic N) is 3. The fourth-order valence-electron chi connectivity index (χ4n) is 2.04. The highest BCUT2D eigenvalue weighted by Crippen LogP contribution is 2.23. The number of carbonyl (C=O) groups is 1. The number of rotatable bonds is 3. The van der Waals surface area contributed by atoms with Crippen molar-refractivity contribution in [1.82, 2.24) is 20.5 Å². The van der Waals surface area contributed by atoms with E-state index < -0.39 is 5.91 Å². The lowest BCUT2D eigenvalue weighted by Crippen LogP contribution is -2.13. The van der Waals surface area contributed by atoms with Crippen molar-refractivity contribution in [3.05, 3.63) is 29.9 Å². The topological polar surface area (TPSA) is 113 Å². The lowest BCUT2D eigenvalue weighted by atomic mass is 10.2. The fraction of sp³-hybridized carbons (Fsp3) is 0.333. The zero-order valence-electron chi connectivity index (χ0n) is 10.5. The molecule has 1 unspecified atom stereocenters. The van der Waals surface area contributed by atoms with E-state index in [1.807, 2.05) is 0 Å². The maximum Gasteiger partial charge on any atom is 0.322 e. The molecule has 1 fully saturated rings. The average molecular weight is 275 g/mol. The van der Waals surface area contributed by atoms with Gasteiger partial charge in [0.2, 0.25) is 5.89 Å². The first-order chi connectivity index (χ1) is 9.72. The molecule has 2 aromatic heterocycles. The fourth-order valence-corrected chi connectivity index (χ4v) is 2.04. The minimum absolute atomic E-state index is 0.0297. The van der Waals surface area contributed by atoms with Gasteiger partial charge in [-0.05, 0) is 25.5 Å². The smallest absolute Gasteiger partial charge is 0.322 e. The summed E-state index contributed by atoms with van der Waals surface area (Å²) in [7, 11) is 0. The maximum absolute atomic E-state index is 11.9. The zero-order chi connectivity index (χ0) is 13.9. The molecular formula is C12H13N5O3. The van der Waals surface area contributed by atoms with Crippen LogP contribution in [-0.2, 0) is 0 Å². The molecule has 3 heterocycles. The van der Waals surface area contributed by atoms with Crippen molar-refractivity contribution in [1.29, 1.82) is 0 Å². The lowest BCUT2D eigenvalue weighted by molar-refractivity contribution is 0.102. The highest BCUT2D eigenvalue weighted by atomic mass is 16.4. The molecule has 0 radical (unpaired) electrons. The van der Waals surface area contributed by atoms with E-state index in [9.17, 15) is 9.90 Å². The van der Waals surface area contributed by atoms with Gasteiger partial charge in [-0.3, -0.25) is 15.1 Å². The van der Waals surface area contributed by atoms with Gasteiger partial charge < -0.3 is 14.8 Å². The summed E-state index contributed by atoms with van der Waals surface area (Å²) in [5, 5.41) is 22.7. The summed E-state index contributed by atoms with van der Waals surface area (Å²) < 4.78 is 5.39. The Morgan fingerprint density at radius 3 is 3.10 bits per heavy atom. The molecule has 1 aliphatic heterocycles. The van der Waals surface area contributed by atoms with Crippen LogP contribution in [0.5, 0.6) is 5.75 Å². The Labute approximate surface area is 114 Å². The third-order valence-corrected chi connectivity index (χ3v) is 3.01. The first-order valence-corrected chi connectivity index (χ1v) is 6.24. The second kappa shape index (κ2) is 5.25. The van der Waals surface area contributed by atoms with Crippen molar-refractivity contribution in [2.45, 2.75) is 18.9 Å². The van der Waals surface area contributed by atoms with Gasteiger partial charge in [0.05, 0.1) is 17.8 Å². The second-order valence-corrected chi connectivity index (χ2v) is 4.48. The average Bonchev–Trinajstić information content (AvgIpc) is 3.08. The summed E-state index contributed by atoms with van der Waals surface area (Å²) in [6, 6.07) is 1.38. The Balaban J connectivity index is 1.70. The van der Waals surface area contributed by atoms with Crippen LogP contribution in [0.1, 0.15) is 35.1 Å². The summed E-state index contributed by atoms with van der Waals surface area (Å²) in [6.45, 7) is 0.920. The largest absolute Gasteiger partial charge is 0.506 e. The molecule has 3 N–H and O–H groups in total. The van der Waals surface area contributed by atoms with Crippen molar-refractivity contribution in [3.8, 4) is 5.75 Å². The van der Waals surface area contributed by atoms with Crippen LogP contribution < -0.4 is 10.6 Å². The molecule has 8 nitrogen and oxygen atoms in total. The Morgan fingerprint density at radius 1 is 1.45 bits per heavy atom. The number of anilines is 1. The molecule has 0 aliphatic carbocycles. The predicted molar refractivity (Wildman–Crippen MR) is 68.1 cm³/mol. The Kier molecular flexibility index (Phi) is 3.30. The van der Waals surface area contributed by atoms with Crippen LogP contribution in [0.4, 0.5) is 6.01 Å². The normalized spacial score (nSPS) is 18.1. The van der Waals surface area contributed by atoms with Gasteiger partial charge in [-0.1, -0.05) is 5.10 Å². The first kappa shape index (κ1) is 12.5. The van der Waals surface area contributed by atoms with Gasteiger partial charge in [0.25, 0.3) is 5.91 Å². The number of pyridine rings is 1. The molecule has 1 atom stereocenters. The third-order valence-electron chi connectivity index (χ3n) is 3.01. The summed E-state index contributed by atoms with van der Waals surface area (Å²) in [4.78, 5) is 15.6. The number of aromatic nitrogens is 3. The van der Waals surface area contributed by atoms with Gasteiger partial charge in [-0.25, -0.2) is 0 Å². The van der Waals surface area contributed by atoms with Crippen LogP contribution in [0.15, 0.2) is 22.9 Å². The van der Waals surface area contributed by atoms with Crippen LogP contribution in [0.2, 0.25) is 0 Å². The summed E-state index contributed by atoms with van der Waals surface area (Å²) in [5.74, 6) is -0.0890. The van der Waals surface area contributed by atoms with Gasteiger partial charge in [0, 0.05) is 6.20 Å². The number of carbonyl (C=O) groups excluding carboxylic acids is 1. The van der Waals surface area contributed by atoms with E-state index in [-0.39, 0.29) is 23.4 Å². The summed E-state index contributed by atoms with van der Waals surface area (Å²) in [6.07, 6.45) is 4.58. The Morgan fingerprint density at radius 2 is 2.35 bits per heavy atom. The third kappa shape index (κ3) is 2.59. The molecule has 3 rings (SSSR count). The van der Waals surface area contributed by atoms with Crippen molar-refractivity contribution in [2.24, 2.45) is 0 Å². The number of hydrogen-bond acceptors (Lipinski definition) is 7. The number of nitrogens with one attached hydrogen (secondary N) is 2. The van der Waals surface area contributed by atoms with Gasteiger partial charge in [0.1, 0.15) is 5.75 Å². The van der Waals surface area contributed by atoms with Gasteiger partial charge in [0.15, 0.2) is 0 Å². The highest BCUT2D eigenvalue weighted by Gasteiger charge is 2.22. The Bertz CT molecular complexity index is 621. The molecule has 1 amide bonds. The van der Waals surface area contributed by atoms with Crippen LogP contribution in [0.25, 0.3) is 0 Å². The van der Waals surface area contributed by atoms with Crippen molar-refractivity contribution in [3.63, 3.8) is 0 Å². The minimum Gasteiger partial charge on any atom is -0.506 e. The van der Waals surface area contributed by atoms with E-state index in [2.05, 4.69) is 25.8 Å². The number of hydrogen-bond donors (Lipinski definition) is 3.